The van der Waals surface area contributed by atoms with Gasteiger partial charge in [0.2, 0.25) is 5.91 Å². The normalized spacial score (nSPS) is 12.0. The van der Waals surface area contributed by atoms with Gasteiger partial charge in [0.05, 0.1) is 17.5 Å². The minimum Gasteiger partial charge on any atom is -0.349 e. The standard InChI is InChI=1S/C18H24N4O3/c1-5-16(15-8-6-12(2)7-9-15)19-17(23)10-11-21-14(4)18(22(24)25)13(3)20-21/h6-9,16H,5,10-11H2,1-4H3,(H,19,23). The van der Waals surface area contributed by atoms with Crippen molar-refractivity contribution in [2.24, 2.45) is 0 Å². The Morgan fingerprint density at radius 2 is 1.92 bits per heavy atom. The van der Waals surface area contributed by atoms with Gasteiger partial charge in [0.25, 0.3) is 0 Å². The molecule has 0 aliphatic carbocycles. The Bertz CT molecular complexity index is 765. The number of nitrogens with zero attached hydrogens (tertiary/aromatic N) is 3. The van der Waals surface area contributed by atoms with Gasteiger partial charge < -0.3 is 5.32 Å². The fourth-order valence-corrected chi connectivity index (χ4v) is 2.86. The van der Waals surface area contributed by atoms with E-state index in [9.17, 15) is 14.9 Å². The number of benzene rings is 1. The van der Waals surface area contributed by atoms with Crippen molar-refractivity contribution in [2.75, 3.05) is 0 Å². The van der Waals surface area contributed by atoms with E-state index in [-0.39, 0.29) is 24.1 Å². The average molecular weight is 344 g/mol. The zero-order valence-corrected chi connectivity index (χ0v) is 15.1. The van der Waals surface area contributed by atoms with Crippen LogP contribution in [0, 0.1) is 30.9 Å². The topological polar surface area (TPSA) is 90.1 Å². The molecule has 7 heteroatoms. The Labute approximate surface area is 147 Å². The Morgan fingerprint density at radius 3 is 2.44 bits per heavy atom. The summed E-state index contributed by atoms with van der Waals surface area (Å²) >= 11 is 0. The summed E-state index contributed by atoms with van der Waals surface area (Å²) in [6.45, 7) is 7.62. The van der Waals surface area contributed by atoms with Crippen LogP contribution >= 0.6 is 0 Å². The molecule has 0 saturated heterocycles. The molecule has 1 N–H and O–H groups in total. The largest absolute Gasteiger partial charge is 0.349 e. The minimum absolute atomic E-state index is 0.0199. The lowest BCUT2D eigenvalue weighted by Gasteiger charge is -2.18. The summed E-state index contributed by atoms with van der Waals surface area (Å²) in [4.78, 5) is 22.9. The zero-order chi connectivity index (χ0) is 18.6. The highest BCUT2D eigenvalue weighted by atomic mass is 16.6. The number of rotatable bonds is 7. The van der Waals surface area contributed by atoms with Gasteiger partial charge in [-0.3, -0.25) is 19.6 Å². The second-order valence-corrected chi connectivity index (χ2v) is 6.19. The number of nitro groups is 1. The molecular formula is C18H24N4O3. The molecule has 1 amide bonds. The van der Waals surface area contributed by atoms with Gasteiger partial charge in [-0.25, -0.2) is 0 Å². The molecule has 0 aliphatic heterocycles. The van der Waals surface area contributed by atoms with Crippen molar-refractivity contribution >= 4 is 11.6 Å². The molecule has 0 spiro atoms. The summed E-state index contributed by atoms with van der Waals surface area (Å²) in [5.74, 6) is -0.0948. The van der Waals surface area contributed by atoms with Gasteiger partial charge in [0, 0.05) is 6.42 Å². The zero-order valence-electron chi connectivity index (χ0n) is 15.1. The van der Waals surface area contributed by atoms with Crippen molar-refractivity contribution in [3.63, 3.8) is 0 Å². The maximum Gasteiger partial charge on any atom is 0.312 e. The van der Waals surface area contributed by atoms with E-state index in [4.69, 9.17) is 0 Å². The van der Waals surface area contributed by atoms with E-state index >= 15 is 0 Å². The molecule has 1 unspecified atom stereocenters. The van der Waals surface area contributed by atoms with E-state index < -0.39 is 4.92 Å². The van der Waals surface area contributed by atoms with Crippen molar-refractivity contribution in [1.82, 2.24) is 15.1 Å². The van der Waals surface area contributed by atoms with Crippen LogP contribution in [-0.2, 0) is 11.3 Å². The van der Waals surface area contributed by atoms with Crippen molar-refractivity contribution < 1.29 is 9.72 Å². The quantitative estimate of drug-likeness (QED) is 0.616. The van der Waals surface area contributed by atoms with Gasteiger partial charge in [0.15, 0.2) is 0 Å². The summed E-state index contributed by atoms with van der Waals surface area (Å²) in [7, 11) is 0. The summed E-state index contributed by atoms with van der Waals surface area (Å²) < 4.78 is 1.53. The Hall–Kier alpha value is -2.70. The third-order valence-corrected chi connectivity index (χ3v) is 4.30. The predicted molar refractivity (Wildman–Crippen MR) is 95.3 cm³/mol. The third kappa shape index (κ3) is 4.43. The van der Waals surface area contributed by atoms with E-state index in [1.165, 1.54) is 10.2 Å². The van der Waals surface area contributed by atoms with Crippen LogP contribution in [0.4, 0.5) is 5.69 Å². The molecule has 0 radical (unpaired) electrons. The van der Waals surface area contributed by atoms with Crippen LogP contribution in [0.25, 0.3) is 0 Å². The molecule has 25 heavy (non-hydrogen) atoms. The van der Waals surface area contributed by atoms with Crippen LogP contribution < -0.4 is 5.32 Å². The van der Waals surface area contributed by atoms with E-state index in [1.54, 1.807) is 13.8 Å². The van der Waals surface area contributed by atoms with Crippen LogP contribution in [0.2, 0.25) is 0 Å². The molecule has 0 saturated carbocycles. The van der Waals surface area contributed by atoms with Gasteiger partial charge in [-0.15, -0.1) is 0 Å². The van der Waals surface area contributed by atoms with Crippen molar-refractivity contribution in [2.45, 2.75) is 53.1 Å². The smallest absolute Gasteiger partial charge is 0.312 e. The van der Waals surface area contributed by atoms with Crippen LogP contribution in [0.5, 0.6) is 0 Å². The molecule has 0 fully saturated rings. The van der Waals surface area contributed by atoms with Gasteiger partial charge in [0.1, 0.15) is 11.4 Å². The lowest BCUT2D eigenvalue weighted by atomic mass is 10.0. The molecule has 1 aromatic heterocycles. The third-order valence-electron chi connectivity index (χ3n) is 4.30. The molecule has 1 atom stereocenters. The number of carbonyl (C=O) groups is 1. The maximum absolute atomic E-state index is 12.3. The SMILES string of the molecule is CCC(NC(=O)CCn1nc(C)c([N+](=O)[O-])c1C)c1ccc(C)cc1. The molecule has 134 valence electrons. The molecule has 1 heterocycles. The molecular weight excluding hydrogens is 320 g/mol. The summed E-state index contributed by atoms with van der Waals surface area (Å²) in [5, 5.41) is 18.2. The number of aromatic nitrogens is 2. The first-order valence-corrected chi connectivity index (χ1v) is 8.37. The molecule has 0 bridgehead atoms. The number of hydrogen-bond donors (Lipinski definition) is 1. The number of nitrogens with one attached hydrogen (secondary N) is 1. The molecule has 7 nitrogen and oxygen atoms in total. The van der Waals surface area contributed by atoms with Crippen molar-refractivity contribution in [3.8, 4) is 0 Å². The fourth-order valence-electron chi connectivity index (χ4n) is 2.86. The molecule has 2 aromatic rings. The van der Waals surface area contributed by atoms with Gasteiger partial charge in [-0.2, -0.15) is 5.10 Å². The van der Waals surface area contributed by atoms with Gasteiger partial charge in [-0.1, -0.05) is 36.8 Å². The van der Waals surface area contributed by atoms with Crippen molar-refractivity contribution in [3.05, 3.63) is 56.9 Å². The number of hydrogen-bond acceptors (Lipinski definition) is 4. The highest BCUT2D eigenvalue weighted by Gasteiger charge is 2.22. The summed E-state index contributed by atoms with van der Waals surface area (Å²) in [6, 6.07) is 8.06. The minimum atomic E-state index is -0.432. The van der Waals surface area contributed by atoms with Crippen LogP contribution in [0.3, 0.4) is 0 Å². The summed E-state index contributed by atoms with van der Waals surface area (Å²) in [5.41, 5.74) is 3.11. The first kappa shape index (κ1) is 18.6. The molecule has 2 rings (SSSR count). The molecule has 1 aromatic carbocycles. The predicted octanol–water partition coefficient (Wildman–Crippen LogP) is 3.37. The van der Waals surface area contributed by atoms with Gasteiger partial charge in [-0.05, 0) is 32.8 Å². The highest BCUT2D eigenvalue weighted by Crippen LogP contribution is 2.22. The number of aryl methyl sites for hydroxylation is 3. The maximum atomic E-state index is 12.3. The first-order valence-electron chi connectivity index (χ1n) is 8.37. The number of carbonyl (C=O) groups excluding carboxylic acids is 1. The lowest BCUT2D eigenvalue weighted by molar-refractivity contribution is -0.386. The second-order valence-electron chi connectivity index (χ2n) is 6.19. The van der Waals surface area contributed by atoms with E-state index in [0.717, 1.165) is 12.0 Å². The number of amides is 1. The fraction of sp³-hybridized carbons (Fsp3) is 0.444. The van der Waals surface area contributed by atoms with E-state index in [1.807, 2.05) is 38.1 Å². The molecule has 0 aliphatic rings. The van der Waals surface area contributed by atoms with Crippen LogP contribution in [-0.4, -0.2) is 20.6 Å². The second kappa shape index (κ2) is 7.92. The first-order chi connectivity index (χ1) is 11.8. The average Bonchev–Trinajstić information content (AvgIpc) is 2.85. The van der Waals surface area contributed by atoms with Crippen LogP contribution in [0.15, 0.2) is 24.3 Å². The van der Waals surface area contributed by atoms with E-state index in [0.29, 0.717) is 17.9 Å². The lowest BCUT2D eigenvalue weighted by Crippen LogP contribution is -2.29. The monoisotopic (exact) mass is 344 g/mol. The Balaban J connectivity index is 1.99. The van der Waals surface area contributed by atoms with Gasteiger partial charge >= 0.3 is 5.69 Å². The van der Waals surface area contributed by atoms with Crippen molar-refractivity contribution in [1.29, 1.82) is 0 Å². The van der Waals surface area contributed by atoms with Crippen LogP contribution in [0.1, 0.15) is 48.3 Å². The Morgan fingerprint density at radius 1 is 1.28 bits per heavy atom. The Kier molecular flexibility index (Phi) is 5.90. The van der Waals surface area contributed by atoms with E-state index in [2.05, 4.69) is 10.4 Å². The summed E-state index contributed by atoms with van der Waals surface area (Å²) in [6.07, 6.45) is 1.02. The highest BCUT2D eigenvalue weighted by molar-refractivity contribution is 5.76.